The number of amides is 2. The zero-order valence-corrected chi connectivity index (χ0v) is 17.4. The molecule has 0 aromatic heterocycles. The van der Waals surface area contributed by atoms with E-state index in [-0.39, 0.29) is 17.7 Å². The molecule has 2 aromatic rings. The average molecular weight is 415 g/mol. The molecule has 0 spiro atoms. The van der Waals surface area contributed by atoms with E-state index < -0.39 is 0 Å². The largest absolute Gasteiger partial charge is 0.338 e. The number of nitrogens with zero attached hydrogens (tertiary/aromatic N) is 3. The number of carbonyl (C=O) groups excluding carboxylic acids is 1. The lowest BCUT2D eigenvalue weighted by atomic mass is 10.1. The molecule has 0 saturated carbocycles. The predicted octanol–water partition coefficient (Wildman–Crippen LogP) is 4.36. The first-order chi connectivity index (χ1) is 14.4. The van der Waals surface area contributed by atoms with Gasteiger partial charge in [0.25, 0.3) is 0 Å². The lowest BCUT2D eigenvalue weighted by Gasteiger charge is -2.39. The lowest BCUT2D eigenvalue weighted by Crippen LogP contribution is -2.49. The van der Waals surface area contributed by atoms with Crippen molar-refractivity contribution in [1.82, 2.24) is 10.2 Å². The SMILES string of the molecule is CC(C)CN[C@H]1CCN(C(=O)N2CCN(c3ccc(F)cc3)c3cc(F)ccc32)C1. The minimum Gasteiger partial charge on any atom is -0.338 e. The van der Waals surface area contributed by atoms with Crippen LogP contribution in [0.1, 0.15) is 20.3 Å². The highest BCUT2D eigenvalue weighted by molar-refractivity contribution is 5.98. The van der Waals surface area contributed by atoms with Crippen LogP contribution in [0, 0.1) is 17.6 Å². The number of rotatable bonds is 4. The number of fused-ring (bicyclic) bond motifs is 1. The molecule has 1 fully saturated rings. The Morgan fingerprint density at radius 1 is 1.03 bits per heavy atom. The van der Waals surface area contributed by atoms with E-state index in [0.717, 1.165) is 18.7 Å². The topological polar surface area (TPSA) is 38.8 Å². The van der Waals surface area contributed by atoms with Crippen molar-refractivity contribution in [1.29, 1.82) is 0 Å². The molecule has 1 N–H and O–H groups in total. The van der Waals surface area contributed by atoms with Gasteiger partial charge < -0.3 is 15.1 Å². The molecule has 30 heavy (non-hydrogen) atoms. The van der Waals surface area contributed by atoms with Gasteiger partial charge in [-0.2, -0.15) is 0 Å². The van der Waals surface area contributed by atoms with Crippen LogP contribution in [-0.4, -0.2) is 49.7 Å². The summed E-state index contributed by atoms with van der Waals surface area (Å²) in [4.78, 5) is 18.8. The molecule has 0 bridgehead atoms. The second-order valence-electron chi connectivity index (χ2n) is 8.43. The Morgan fingerprint density at radius 2 is 1.77 bits per heavy atom. The molecular formula is C23H28F2N4O. The molecule has 2 aliphatic rings. The summed E-state index contributed by atoms with van der Waals surface area (Å²) in [6, 6.07) is 10.9. The number of hydrogen-bond acceptors (Lipinski definition) is 3. The lowest BCUT2D eigenvalue weighted by molar-refractivity contribution is 0.214. The minimum absolute atomic E-state index is 0.0459. The maximum Gasteiger partial charge on any atom is 0.324 e. The minimum atomic E-state index is -0.366. The number of carbonyl (C=O) groups is 1. The first-order valence-electron chi connectivity index (χ1n) is 10.5. The second kappa shape index (κ2) is 8.60. The fourth-order valence-corrected chi connectivity index (χ4v) is 4.14. The second-order valence-corrected chi connectivity index (χ2v) is 8.43. The molecule has 5 nitrogen and oxygen atoms in total. The van der Waals surface area contributed by atoms with Crippen LogP contribution in [0.5, 0.6) is 0 Å². The van der Waals surface area contributed by atoms with Gasteiger partial charge in [0.1, 0.15) is 11.6 Å². The van der Waals surface area contributed by atoms with Gasteiger partial charge in [-0.15, -0.1) is 0 Å². The van der Waals surface area contributed by atoms with Crippen molar-refractivity contribution in [3.05, 3.63) is 54.1 Å². The van der Waals surface area contributed by atoms with Crippen molar-refractivity contribution in [2.45, 2.75) is 26.3 Å². The molecule has 7 heteroatoms. The van der Waals surface area contributed by atoms with E-state index in [2.05, 4.69) is 19.2 Å². The molecule has 2 heterocycles. The van der Waals surface area contributed by atoms with Crippen molar-refractivity contribution in [3.63, 3.8) is 0 Å². The maximum atomic E-state index is 14.1. The molecule has 0 unspecified atom stereocenters. The first kappa shape index (κ1) is 20.6. The van der Waals surface area contributed by atoms with Crippen molar-refractivity contribution in [2.24, 2.45) is 5.92 Å². The van der Waals surface area contributed by atoms with Gasteiger partial charge in [-0.05, 0) is 61.3 Å². The van der Waals surface area contributed by atoms with Gasteiger partial charge in [0.2, 0.25) is 0 Å². The summed E-state index contributed by atoms with van der Waals surface area (Å²) < 4.78 is 27.4. The summed E-state index contributed by atoms with van der Waals surface area (Å²) in [5, 5.41) is 3.53. The summed E-state index contributed by atoms with van der Waals surface area (Å²) in [5.41, 5.74) is 2.07. The van der Waals surface area contributed by atoms with Crippen molar-refractivity contribution >= 4 is 23.1 Å². The third kappa shape index (κ3) is 4.26. The summed E-state index contributed by atoms with van der Waals surface area (Å²) in [6.07, 6.45) is 0.935. The molecule has 4 rings (SSSR count). The van der Waals surface area contributed by atoms with E-state index in [4.69, 9.17) is 0 Å². The van der Waals surface area contributed by atoms with Crippen LogP contribution in [0.3, 0.4) is 0 Å². The summed E-state index contributed by atoms with van der Waals surface area (Å²) >= 11 is 0. The highest BCUT2D eigenvalue weighted by atomic mass is 19.1. The van der Waals surface area contributed by atoms with Crippen LogP contribution in [0.4, 0.5) is 30.6 Å². The Kier molecular flexibility index (Phi) is 5.90. The summed E-state index contributed by atoms with van der Waals surface area (Å²) in [5.74, 6) is -0.118. The highest BCUT2D eigenvalue weighted by Gasteiger charge is 2.34. The van der Waals surface area contributed by atoms with Gasteiger partial charge in [-0.1, -0.05) is 13.8 Å². The number of urea groups is 1. The van der Waals surface area contributed by atoms with Crippen LogP contribution in [-0.2, 0) is 0 Å². The zero-order valence-electron chi connectivity index (χ0n) is 17.4. The molecule has 0 radical (unpaired) electrons. The Balaban J connectivity index is 1.54. The Labute approximate surface area is 176 Å². The van der Waals surface area contributed by atoms with Crippen LogP contribution in [0.25, 0.3) is 0 Å². The van der Waals surface area contributed by atoms with E-state index in [1.807, 2.05) is 9.80 Å². The summed E-state index contributed by atoms with van der Waals surface area (Å²) in [7, 11) is 0. The number of halogens is 2. The van der Waals surface area contributed by atoms with E-state index in [1.165, 1.54) is 24.3 Å². The fraction of sp³-hybridized carbons (Fsp3) is 0.435. The Morgan fingerprint density at radius 3 is 2.50 bits per heavy atom. The highest BCUT2D eigenvalue weighted by Crippen LogP contribution is 2.39. The normalized spacial score (nSPS) is 18.8. The van der Waals surface area contributed by atoms with Crippen molar-refractivity contribution in [2.75, 3.05) is 42.5 Å². The smallest absolute Gasteiger partial charge is 0.324 e. The van der Waals surface area contributed by atoms with Gasteiger partial charge in [0.15, 0.2) is 0 Å². The molecule has 2 aliphatic heterocycles. The Bertz CT molecular complexity index is 903. The molecule has 0 aliphatic carbocycles. The molecule has 2 aromatic carbocycles. The number of nitrogens with one attached hydrogen (secondary N) is 1. The fourth-order valence-electron chi connectivity index (χ4n) is 4.14. The molecular weight excluding hydrogens is 386 g/mol. The van der Waals surface area contributed by atoms with Crippen LogP contribution >= 0.6 is 0 Å². The molecule has 1 atom stereocenters. The van der Waals surface area contributed by atoms with Crippen LogP contribution < -0.4 is 15.1 Å². The van der Waals surface area contributed by atoms with Crippen LogP contribution in [0.2, 0.25) is 0 Å². The van der Waals surface area contributed by atoms with Crippen molar-refractivity contribution in [3.8, 4) is 0 Å². The first-order valence-corrected chi connectivity index (χ1v) is 10.5. The van der Waals surface area contributed by atoms with Gasteiger partial charge >= 0.3 is 6.03 Å². The van der Waals surface area contributed by atoms with Crippen LogP contribution in [0.15, 0.2) is 42.5 Å². The predicted molar refractivity (Wildman–Crippen MR) is 115 cm³/mol. The quantitative estimate of drug-likeness (QED) is 0.808. The van der Waals surface area contributed by atoms with Gasteiger partial charge in [0, 0.05) is 37.9 Å². The number of benzene rings is 2. The van der Waals surface area contributed by atoms with Crippen molar-refractivity contribution < 1.29 is 13.6 Å². The third-order valence-corrected chi connectivity index (χ3v) is 5.71. The van der Waals surface area contributed by atoms with E-state index in [9.17, 15) is 13.6 Å². The standard InChI is InChI=1S/C23H28F2N4O/c1-16(2)14-26-19-9-10-27(15-19)23(30)29-12-11-28(20-6-3-17(24)4-7-20)22-13-18(25)5-8-21(22)29/h3-8,13,16,19,26H,9-12,14-15H2,1-2H3/t19-/m0/s1. The summed E-state index contributed by atoms with van der Waals surface area (Å²) in [6.45, 7) is 7.66. The van der Waals surface area contributed by atoms with Gasteiger partial charge in [0.05, 0.1) is 11.4 Å². The Hall–Kier alpha value is -2.67. The van der Waals surface area contributed by atoms with E-state index >= 15 is 0 Å². The number of hydrogen-bond donors (Lipinski definition) is 1. The molecule has 160 valence electrons. The monoisotopic (exact) mass is 414 g/mol. The van der Waals surface area contributed by atoms with Gasteiger partial charge in [-0.3, -0.25) is 4.90 Å². The maximum absolute atomic E-state index is 14.1. The average Bonchev–Trinajstić information content (AvgIpc) is 3.21. The zero-order chi connectivity index (χ0) is 21.3. The number of likely N-dealkylation sites (tertiary alicyclic amines) is 1. The third-order valence-electron chi connectivity index (χ3n) is 5.71. The molecule has 1 saturated heterocycles. The number of anilines is 3. The van der Waals surface area contributed by atoms with Gasteiger partial charge in [-0.25, -0.2) is 13.6 Å². The van der Waals surface area contributed by atoms with E-state index in [0.29, 0.717) is 49.5 Å². The van der Waals surface area contributed by atoms with E-state index in [1.54, 1.807) is 23.1 Å². The molecule has 2 amide bonds.